The second kappa shape index (κ2) is 31.9. The molecule has 1 heterocycles. The summed E-state index contributed by atoms with van der Waals surface area (Å²) < 4.78 is 0. The zero-order valence-electron chi connectivity index (χ0n) is 32.8. The average molecular weight is 644 g/mol. The van der Waals surface area contributed by atoms with Crippen LogP contribution in [0.1, 0.15) is 265 Å². The molecular weight excluding hydrogens is 555 g/mol. The van der Waals surface area contributed by atoms with Crippen LogP contribution in [0.3, 0.4) is 0 Å². The van der Waals surface area contributed by atoms with Crippen molar-refractivity contribution in [3.8, 4) is 0 Å². The van der Waals surface area contributed by atoms with Gasteiger partial charge in [0.2, 0.25) is 0 Å². The van der Waals surface area contributed by atoms with E-state index in [1.807, 2.05) is 0 Å². The van der Waals surface area contributed by atoms with Crippen LogP contribution < -0.4 is 5.32 Å². The predicted molar refractivity (Wildman–Crippen MR) is 211 cm³/mol. The van der Waals surface area contributed by atoms with Crippen LogP contribution in [0.5, 0.6) is 0 Å². The third-order valence-corrected chi connectivity index (χ3v) is 11.4. The van der Waals surface area contributed by atoms with E-state index in [0.717, 1.165) is 0 Å². The summed E-state index contributed by atoms with van der Waals surface area (Å²) >= 11 is 0. The first kappa shape index (κ1) is 43.7. The number of hydrogen-bond acceptors (Lipinski definition) is 1. The maximum absolute atomic E-state index is 4.57. The summed E-state index contributed by atoms with van der Waals surface area (Å²) in [5, 5.41) is 4.57. The first-order chi connectivity index (χ1) is 22.7. The second-order valence-corrected chi connectivity index (χ2v) is 16.1. The molecule has 0 spiro atoms. The topological polar surface area (TPSA) is 12.0 Å². The van der Waals surface area contributed by atoms with Gasteiger partial charge in [-0.25, -0.2) is 0 Å². The molecule has 0 fully saturated rings. The summed E-state index contributed by atoms with van der Waals surface area (Å²) in [7, 11) is 0. The van der Waals surface area contributed by atoms with E-state index < -0.39 is 0 Å². The fourth-order valence-corrected chi connectivity index (χ4v) is 8.34. The molecule has 274 valence electrons. The van der Waals surface area contributed by atoms with E-state index in [-0.39, 0.29) is 5.54 Å². The van der Waals surface area contributed by atoms with Crippen LogP contribution in [0.25, 0.3) is 0 Å². The highest BCUT2D eigenvalue weighted by molar-refractivity contribution is 5.17. The van der Waals surface area contributed by atoms with Gasteiger partial charge in [0.05, 0.1) is 0 Å². The predicted octanol–water partition coefficient (Wildman–Crippen LogP) is 16.1. The zero-order valence-corrected chi connectivity index (χ0v) is 32.8. The third kappa shape index (κ3) is 23.9. The van der Waals surface area contributed by atoms with Gasteiger partial charge in [0, 0.05) is 11.1 Å². The van der Waals surface area contributed by atoms with Crippen molar-refractivity contribution in [2.45, 2.75) is 276 Å². The second-order valence-electron chi connectivity index (χ2n) is 16.1. The summed E-state index contributed by atoms with van der Waals surface area (Å²) in [5.74, 6) is 0. The Kier molecular flexibility index (Phi) is 30.4. The normalized spacial score (nSPS) is 15.6. The lowest BCUT2D eigenvalue weighted by Crippen LogP contribution is -2.59. The van der Waals surface area contributed by atoms with Crippen LogP contribution in [0, 0.1) is 0 Å². The fraction of sp³-hybridized carbons (Fsp3) is 0.956. The Balaban J connectivity index is 2.77. The molecule has 0 saturated heterocycles. The number of nitrogens with one attached hydrogen (secondary N) is 1. The van der Waals surface area contributed by atoms with Gasteiger partial charge < -0.3 is 5.32 Å². The molecule has 0 radical (unpaired) electrons. The molecule has 0 aliphatic carbocycles. The highest BCUT2D eigenvalue weighted by atomic mass is 15.1. The molecule has 1 N–H and O–H groups in total. The van der Waals surface area contributed by atoms with Gasteiger partial charge in [-0.1, -0.05) is 245 Å². The van der Waals surface area contributed by atoms with Crippen LogP contribution in [-0.2, 0) is 0 Å². The number of hydrogen-bond donors (Lipinski definition) is 1. The van der Waals surface area contributed by atoms with E-state index in [0.29, 0.717) is 5.54 Å². The van der Waals surface area contributed by atoms with Crippen LogP contribution in [0.15, 0.2) is 12.2 Å². The Hall–Kier alpha value is -0.300. The summed E-state index contributed by atoms with van der Waals surface area (Å²) in [6.45, 7) is 9.33. The van der Waals surface area contributed by atoms with E-state index in [9.17, 15) is 0 Å². The molecule has 1 rings (SSSR count). The molecule has 1 aliphatic heterocycles. The Morgan fingerprint density at radius 1 is 0.348 bits per heavy atom. The summed E-state index contributed by atoms with van der Waals surface area (Å²) in [5.41, 5.74) is 0.600. The fourth-order valence-electron chi connectivity index (χ4n) is 8.34. The van der Waals surface area contributed by atoms with Crippen molar-refractivity contribution in [3.05, 3.63) is 12.2 Å². The maximum Gasteiger partial charge on any atom is 0.0369 e. The number of rotatable bonds is 36. The molecule has 0 aromatic carbocycles. The molecule has 1 heteroatoms. The van der Waals surface area contributed by atoms with E-state index in [1.54, 1.807) is 0 Å². The molecule has 0 saturated carbocycles. The van der Waals surface area contributed by atoms with Gasteiger partial charge in [-0.05, 0) is 32.1 Å². The van der Waals surface area contributed by atoms with Gasteiger partial charge in [0.1, 0.15) is 0 Å². The molecule has 1 nitrogen and oxygen atoms in total. The van der Waals surface area contributed by atoms with E-state index in [2.05, 4.69) is 45.2 Å². The van der Waals surface area contributed by atoms with Crippen molar-refractivity contribution in [2.75, 3.05) is 0 Å². The van der Waals surface area contributed by atoms with Crippen molar-refractivity contribution in [3.63, 3.8) is 0 Å². The van der Waals surface area contributed by atoms with Crippen LogP contribution in [0.2, 0.25) is 0 Å². The quantitative estimate of drug-likeness (QED) is 0.0529. The number of unbranched alkanes of at least 4 members (excludes halogenated alkanes) is 28. The molecule has 46 heavy (non-hydrogen) atoms. The van der Waals surface area contributed by atoms with Crippen molar-refractivity contribution in [1.82, 2.24) is 5.32 Å². The highest BCUT2D eigenvalue weighted by Crippen LogP contribution is 2.38. The summed E-state index contributed by atoms with van der Waals surface area (Å²) in [4.78, 5) is 0. The molecular formula is C45H89N. The minimum atomic E-state index is 0.253. The van der Waals surface area contributed by atoms with E-state index in [1.165, 1.54) is 238 Å². The smallest absolute Gasteiger partial charge is 0.0369 e. The minimum Gasteiger partial charge on any atom is -0.302 e. The monoisotopic (exact) mass is 644 g/mol. The Labute approximate surface area is 293 Å². The van der Waals surface area contributed by atoms with Crippen LogP contribution >= 0.6 is 0 Å². The maximum atomic E-state index is 4.57. The van der Waals surface area contributed by atoms with Gasteiger partial charge in [-0.2, -0.15) is 0 Å². The summed E-state index contributed by atoms with van der Waals surface area (Å²) in [6.07, 6.45) is 58.0. The summed E-state index contributed by atoms with van der Waals surface area (Å²) in [6, 6.07) is 0. The lowest BCUT2D eigenvalue weighted by atomic mass is 9.74. The van der Waals surface area contributed by atoms with Gasteiger partial charge in [0.15, 0.2) is 0 Å². The first-order valence-corrected chi connectivity index (χ1v) is 22.1. The van der Waals surface area contributed by atoms with Crippen molar-refractivity contribution >= 4 is 0 Å². The van der Waals surface area contributed by atoms with Crippen molar-refractivity contribution < 1.29 is 0 Å². The Morgan fingerprint density at radius 3 is 0.913 bits per heavy atom. The largest absolute Gasteiger partial charge is 0.302 e. The molecule has 0 bridgehead atoms. The lowest BCUT2D eigenvalue weighted by molar-refractivity contribution is 0.166. The Morgan fingerprint density at radius 2 is 0.609 bits per heavy atom. The molecule has 1 aliphatic rings. The average Bonchev–Trinajstić information content (AvgIpc) is 3.06. The van der Waals surface area contributed by atoms with Gasteiger partial charge in [-0.3, -0.25) is 0 Å². The van der Waals surface area contributed by atoms with Crippen LogP contribution in [-0.4, -0.2) is 11.1 Å². The zero-order chi connectivity index (χ0) is 33.3. The van der Waals surface area contributed by atoms with Crippen molar-refractivity contribution in [2.24, 2.45) is 0 Å². The van der Waals surface area contributed by atoms with E-state index in [4.69, 9.17) is 0 Å². The minimum absolute atomic E-state index is 0.253. The van der Waals surface area contributed by atoms with Crippen molar-refractivity contribution in [1.29, 1.82) is 0 Å². The lowest BCUT2D eigenvalue weighted by Gasteiger charge is -2.48. The molecule has 0 aromatic heterocycles. The van der Waals surface area contributed by atoms with Gasteiger partial charge in [-0.15, -0.1) is 0 Å². The molecule has 0 amide bonds. The van der Waals surface area contributed by atoms with Gasteiger partial charge >= 0.3 is 0 Å². The van der Waals surface area contributed by atoms with Gasteiger partial charge in [0.25, 0.3) is 0 Å². The SMILES string of the molecule is CCCCCCCCCCC1(CCCCCCCCCC)C=CCC(CCCCCCCCCC)(CCCCCCCCCC)N1. The first-order valence-electron chi connectivity index (χ1n) is 22.1. The third-order valence-electron chi connectivity index (χ3n) is 11.4. The highest BCUT2D eigenvalue weighted by Gasteiger charge is 2.39. The molecule has 0 atom stereocenters. The van der Waals surface area contributed by atoms with Crippen LogP contribution in [0.4, 0.5) is 0 Å². The molecule has 0 aromatic rings. The molecule has 0 unspecified atom stereocenters. The Bertz CT molecular complexity index is 595. The standard InChI is InChI=1S/C45H89N/c1-5-9-13-17-21-25-29-33-38-44(39-34-30-26-22-18-14-10-6-2)42-37-43-45(46-44,40-35-31-27-23-19-15-11-7-3)41-36-32-28-24-20-16-12-8-4/h37,42,46H,5-36,38-41,43H2,1-4H3. The van der Waals surface area contributed by atoms with E-state index >= 15 is 0 Å².